The second-order valence-electron chi connectivity index (χ2n) is 8.66. The van der Waals surface area contributed by atoms with Crippen molar-refractivity contribution in [1.29, 1.82) is 0 Å². The SMILES string of the molecule is O=C(CCC(=O)N1CCN(S(=O)(=O)c2ccc(Cl)cc2)CC1)NCC1(c2ccccc2)CC1. The van der Waals surface area contributed by atoms with Crippen LogP contribution in [0.4, 0.5) is 0 Å². The van der Waals surface area contributed by atoms with Gasteiger partial charge in [0.1, 0.15) is 0 Å². The molecule has 0 spiro atoms. The van der Waals surface area contributed by atoms with Gasteiger partial charge in [0.05, 0.1) is 4.90 Å². The zero-order valence-corrected chi connectivity index (χ0v) is 19.9. The summed E-state index contributed by atoms with van der Waals surface area (Å²) in [5.74, 6) is -0.257. The van der Waals surface area contributed by atoms with Crippen molar-refractivity contribution < 1.29 is 18.0 Å². The summed E-state index contributed by atoms with van der Waals surface area (Å²) in [7, 11) is -3.62. The van der Waals surface area contributed by atoms with Crippen molar-refractivity contribution in [2.75, 3.05) is 32.7 Å². The fraction of sp³-hybridized carbons (Fsp3) is 0.417. The van der Waals surface area contributed by atoms with Gasteiger partial charge in [-0.2, -0.15) is 4.31 Å². The summed E-state index contributed by atoms with van der Waals surface area (Å²) >= 11 is 5.85. The van der Waals surface area contributed by atoms with E-state index < -0.39 is 10.0 Å². The van der Waals surface area contributed by atoms with E-state index in [2.05, 4.69) is 17.4 Å². The highest BCUT2D eigenvalue weighted by atomic mass is 35.5. The van der Waals surface area contributed by atoms with Gasteiger partial charge in [-0.1, -0.05) is 41.9 Å². The zero-order chi connectivity index (χ0) is 23.5. The number of piperazine rings is 1. The molecule has 2 aliphatic rings. The Morgan fingerprint density at radius 1 is 0.909 bits per heavy atom. The first-order valence-electron chi connectivity index (χ1n) is 11.2. The van der Waals surface area contributed by atoms with E-state index in [1.54, 1.807) is 17.0 Å². The number of nitrogens with one attached hydrogen (secondary N) is 1. The standard InChI is InChI=1S/C24H28ClN3O4S/c25-20-6-8-21(9-7-20)33(31,32)28-16-14-27(15-17-28)23(30)11-10-22(29)26-18-24(12-13-24)19-4-2-1-3-5-19/h1-9H,10-18H2,(H,26,29). The maximum Gasteiger partial charge on any atom is 0.243 e. The predicted molar refractivity (Wildman–Crippen MR) is 126 cm³/mol. The van der Waals surface area contributed by atoms with E-state index in [9.17, 15) is 18.0 Å². The number of hydrogen-bond donors (Lipinski definition) is 1. The van der Waals surface area contributed by atoms with E-state index in [-0.39, 0.29) is 48.1 Å². The van der Waals surface area contributed by atoms with Gasteiger partial charge in [-0.25, -0.2) is 8.42 Å². The van der Waals surface area contributed by atoms with Crippen molar-refractivity contribution in [2.24, 2.45) is 0 Å². The number of amides is 2. The Bertz CT molecular complexity index is 1090. The molecular formula is C24H28ClN3O4S. The van der Waals surface area contributed by atoms with E-state index in [0.717, 1.165) is 12.8 Å². The van der Waals surface area contributed by atoms with Crippen LogP contribution in [-0.2, 0) is 25.0 Å². The van der Waals surface area contributed by atoms with Crippen LogP contribution in [0, 0.1) is 0 Å². The number of halogens is 1. The number of carbonyl (C=O) groups excluding carboxylic acids is 2. The number of rotatable bonds is 8. The third-order valence-electron chi connectivity index (χ3n) is 6.47. The summed E-state index contributed by atoms with van der Waals surface area (Å²) in [6.07, 6.45) is 2.36. The van der Waals surface area contributed by atoms with Gasteiger partial charge in [0.2, 0.25) is 21.8 Å². The number of hydrogen-bond acceptors (Lipinski definition) is 4. The summed E-state index contributed by atoms with van der Waals surface area (Å²) in [5, 5.41) is 3.46. The van der Waals surface area contributed by atoms with Crippen LogP contribution in [0.3, 0.4) is 0 Å². The molecule has 176 valence electrons. The molecule has 0 atom stereocenters. The van der Waals surface area contributed by atoms with Gasteiger partial charge >= 0.3 is 0 Å². The summed E-state index contributed by atoms with van der Waals surface area (Å²) in [5.41, 5.74) is 1.28. The molecule has 2 amide bonds. The third kappa shape index (κ3) is 5.57. The normalized spacial score (nSPS) is 18.0. The van der Waals surface area contributed by atoms with Gasteiger partial charge < -0.3 is 10.2 Å². The largest absolute Gasteiger partial charge is 0.355 e. The summed E-state index contributed by atoms with van der Waals surface area (Å²) in [6, 6.07) is 16.2. The lowest BCUT2D eigenvalue weighted by Crippen LogP contribution is -2.50. The molecule has 0 unspecified atom stereocenters. The molecule has 1 aliphatic carbocycles. The average molecular weight is 490 g/mol. The van der Waals surface area contributed by atoms with Crippen molar-refractivity contribution in [3.8, 4) is 0 Å². The van der Waals surface area contributed by atoms with Crippen LogP contribution in [0.1, 0.15) is 31.2 Å². The van der Waals surface area contributed by atoms with E-state index in [1.807, 2.05) is 18.2 Å². The molecule has 2 fully saturated rings. The smallest absolute Gasteiger partial charge is 0.243 e. The highest BCUT2D eigenvalue weighted by Crippen LogP contribution is 2.47. The molecule has 2 aromatic carbocycles. The van der Waals surface area contributed by atoms with E-state index >= 15 is 0 Å². The predicted octanol–water partition coefficient (Wildman–Crippen LogP) is 2.80. The second kappa shape index (κ2) is 9.83. The maximum atomic E-state index is 12.8. The molecule has 2 aromatic rings. The summed E-state index contributed by atoms with van der Waals surface area (Å²) in [6.45, 7) is 1.66. The number of sulfonamides is 1. The maximum absolute atomic E-state index is 12.8. The molecule has 9 heteroatoms. The van der Waals surface area contributed by atoms with Crippen LogP contribution in [0.5, 0.6) is 0 Å². The lowest BCUT2D eigenvalue weighted by molar-refractivity contribution is -0.134. The van der Waals surface area contributed by atoms with Gasteiger partial charge in [-0.15, -0.1) is 0 Å². The Hall–Kier alpha value is -2.42. The Kier molecular flexibility index (Phi) is 7.07. The Labute approximate surface area is 199 Å². The quantitative estimate of drug-likeness (QED) is 0.617. The lowest BCUT2D eigenvalue weighted by atomic mass is 9.96. The van der Waals surface area contributed by atoms with Crippen LogP contribution >= 0.6 is 11.6 Å². The van der Waals surface area contributed by atoms with Crippen LogP contribution in [0.15, 0.2) is 59.5 Å². The van der Waals surface area contributed by atoms with Gasteiger partial charge in [0, 0.05) is 56.0 Å². The van der Waals surface area contributed by atoms with Crippen molar-refractivity contribution in [3.05, 3.63) is 65.2 Å². The molecular weight excluding hydrogens is 462 g/mol. The van der Waals surface area contributed by atoms with Gasteiger partial charge in [-0.3, -0.25) is 9.59 Å². The molecule has 4 rings (SSSR count). The third-order valence-corrected chi connectivity index (χ3v) is 8.64. The fourth-order valence-electron chi connectivity index (χ4n) is 4.18. The average Bonchev–Trinajstić information content (AvgIpc) is 3.63. The topological polar surface area (TPSA) is 86.8 Å². The van der Waals surface area contributed by atoms with Crippen molar-refractivity contribution >= 4 is 33.4 Å². The summed E-state index contributed by atoms with van der Waals surface area (Å²) in [4.78, 5) is 26.7. The molecule has 0 bridgehead atoms. The van der Waals surface area contributed by atoms with E-state index in [1.165, 1.54) is 22.0 Å². The van der Waals surface area contributed by atoms with E-state index in [0.29, 0.717) is 24.7 Å². The van der Waals surface area contributed by atoms with Gasteiger partial charge in [0.25, 0.3) is 0 Å². The Balaban J connectivity index is 1.21. The minimum atomic E-state index is -3.62. The van der Waals surface area contributed by atoms with Crippen LogP contribution in [0.2, 0.25) is 5.02 Å². The Morgan fingerprint density at radius 2 is 1.55 bits per heavy atom. The van der Waals surface area contributed by atoms with E-state index in [4.69, 9.17) is 11.6 Å². The molecule has 33 heavy (non-hydrogen) atoms. The number of carbonyl (C=O) groups is 2. The Morgan fingerprint density at radius 3 is 2.15 bits per heavy atom. The minimum Gasteiger partial charge on any atom is -0.355 e. The van der Waals surface area contributed by atoms with Crippen LogP contribution in [-0.4, -0.2) is 62.2 Å². The van der Waals surface area contributed by atoms with Crippen LogP contribution < -0.4 is 5.32 Å². The van der Waals surface area contributed by atoms with Crippen LogP contribution in [0.25, 0.3) is 0 Å². The zero-order valence-electron chi connectivity index (χ0n) is 18.4. The summed E-state index contributed by atoms with van der Waals surface area (Å²) < 4.78 is 26.9. The first-order valence-corrected chi connectivity index (χ1v) is 13.0. The molecule has 1 N–H and O–H groups in total. The van der Waals surface area contributed by atoms with Crippen molar-refractivity contribution in [2.45, 2.75) is 36.0 Å². The molecule has 0 aromatic heterocycles. The van der Waals surface area contributed by atoms with Crippen molar-refractivity contribution in [1.82, 2.24) is 14.5 Å². The molecule has 1 saturated heterocycles. The molecule has 1 saturated carbocycles. The fourth-order valence-corrected chi connectivity index (χ4v) is 5.73. The highest BCUT2D eigenvalue weighted by molar-refractivity contribution is 7.89. The lowest BCUT2D eigenvalue weighted by Gasteiger charge is -2.34. The molecule has 1 aliphatic heterocycles. The monoisotopic (exact) mass is 489 g/mol. The molecule has 7 nitrogen and oxygen atoms in total. The first-order chi connectivity index (χ1) is 15.8. The molecule has 0 radical (unpaired) electrons. The number of benzene rings is 2. The highest BCUT2D eigenvalue weighted by Gasteiger charge is 2.44. The van der Waals surface area contributed by atoms with Crippen molar-refractivity contribution in [3.63, 3.8) is 0 Å². The number of nitrogens with zero attached hydrogens (tertiary/aromatic N) is 2. The van der Waals surface area contributed by atoms with Gasteiger partial charge in [0.15, 0.2) is 0 Å². The minimum absolute atomic E-state index is 0.0346. The second-order valence-corrected chi connectivity index (χ2v) is 11.0. The first kappa shape index (κ1) is 23.7. The molecule has 1 heterocycles. The van der Waals surface area contributed by atoms with Gasteiger partial charge in [-0.05, 0) is 42.7 Å².